The van der Waals surface area contributed by atoms with Crippen molar-refractivity contribution in [3.63, 3.8) is 0 Å². The zero-order chi connectivity index (χ0) is 16.8. The molecule has 2 aliphatic heterocycles. The van der Waals surface area contributed by atoms with E-state index < -0.39 is 6.04 Å². The predicted octanol–water partition coefficient (Wildman–Crippen LogP) is -0.651. The van der Waals surface area contributed by atoms with E-state index in [0.717, 1.165) is 13.0 Å². The van der Waals surface area contributed by atoms with E-state index in [2.05, 4.69) is 16.0 Å². The number of hydrogen-bond donors (Lipinski definition) is 3. The minimum absolute atomic E-state index is 0.0277. The van der Waals surface area contributed by atoms with E-state index in [0.29, 0.717) is 6.54 Å². The molecule has 23 heavy (non-hydrogen) atoms. The second-order valence-corrected chi connectivity index (χ2v) is 6.54. The van der Waals surface area contributed by atoms with E-state index in [1.807, 2.05) is 26.0 Å². The van der Waals surface area contributed by atoms with Gasteiger partial charge in [0.15, 0.2) is 0 Å². The van der Waals surface area contributed by atoms with Crippen LogP contribution in [0.15, 0.2) is 12.2 Å². The summed E-state index contributed by atoms with van der Waals surface area (Å²) in [5.74, 6) is 0.0250. The van der Waals surface area contributed by atoms with E-state index in [1.165, 1.54) is 0 Å². The van der Waals surface area contributed by atoms with E-state index in [9.17, 15) is 9.00 Å². The van der Waals surface area contributed by atoms with Crippen LogP contribution in [-0.2, 0) is 25.5 Å². The fourth-order valence-corrected chi connectivity index (χ4v) is 3.08. The summed E-state index contributed by atoms with van der Waals surface area (Å²) < 4.78 is 22.3. The van der Waals surface area contributed by atoms with Gasteiger partial charge in [-0.3, -0.25) is 4.79 Å². The van der Waals surface area contributed by atoms with Crippen LogP contribution in [0.2, 0.25) is 0 Å². The molecule has 1 amide bonds. The molecule has 4 atom stereocenters. The molecule has 0 aliphatic carbocycles. The molecule has 0 aromatic rings. The maximum Gasteiger partial charge on any atom is 0.283 e. The molecule has 1 fully saturated rings. The molecule has 2 heterocycles. The maximum absolute atomic E-state index is 12.5. The third-order valence-corrected chi connectivity index (χ3v) is 4.38. The van der Waals surface area contributed by atoms with Gasteiger partial charge in [0, 0.05) is 6.54 Å². The third-order valence-electron chi connectivity index (χ3n) is 4.05. The van der Waals surface area contributed by atoms with Crippen LogP contribution in [0.3, 0.4) is 0 Å². The van der Waals surface area contributed by atoms with Gasteiger partial charge in [0.2, 0.25) is 5.91 Å². The number of nitrogens with one attached hydrogen (secondary N) is 3. The number of fused-ring (bicyclic) bond motifs is 1. The third kappa shape index (κ3) is 4.71. The second-order valence-electron chi connectivity index (χ2n) is 6.04. The van der Waals surface area contributed by atoms with Gasteiger partial charge < -0.3 is 25.4 Å². The lowest BCUT2D eigenvalue weighted by atomic mass is 9.94. The topological polar surface area (TPSA) is 88.7 Å². The molecule has 4 unspecified atom stereocenters. The average molecular weight is 343 g/mol. The summed E-state index contributed by atoms with van der Waals surface area (Å²) >= 11 is 0.207. The number of likely N-dealkylation sites (N-methyl/N-ethyl adjacent to an activating group) is 1. The first-order valence-corrected chi connectivity index (χ1v) is 8.66. The average Bonchev–Trinajstić information content (AvgIpc) is 2.93. The molecule has 3 N–H and O–H groups in total. The molecule has 2 aliphatic rings. The maximum atomic E-state index is 12.5. The van der Waals surface area contributed by atoms with Crippen LogP contribution in [0, 0.1) is 5.92 Å². The summed E-state index contributed by atoms with van der Waals surface area (Å²) in [5.41, 5.74) is 0. The highest BCUT2D eigenvalue weighted by Gasteiger charge is 2.41. The molecular weight excluding hydrogens is 318 g/mol. The molecule has 0 aromatic heterocycles. The summed E-state index contributed by atoms with van der Waals surface area (Å²) in [4.78, 5) is 12.5. The van der Waals surface area contributed by atoms with E-state index >= 15 is 0 Å². The van der Waals surface area contributed by atoms with Gasteiger partial charge >= 0.3 is 0 Å². The van der Waals surface area contributed by atoms with Gasteiger partial charge in [-0.25, -0.2) is 4.21 Å². The summed E-state index contributed by atoms with van der Waals surface area (Å²) in [6.07, 6.45) is 3.97. The summed E-state index contributed by atoms with van der Waals surface area (Å²) in [7, 11) is 1.75. The molecule has 7 nitrogen and oxygen atoms in total. The zero-order valence-corrected chi connectivity index (χ0v) is 14.5. The number of hydrogen-bond acceptors (Lipinski definition) is 6. The van der Waals surface area contributed by atoms with Crippen LogP contribution in [-0.4, -0.2) is 59.8 Å². The molecule has 2 rings (SSSR count). The summed E-state index contributed by atoms with van der Waals surface area (Å²) in [5, 5.41) is 9.37. The first kappa shape index (κ1) is 18.3. The first-order valence-electron chi connectivity index (χ1n) is 7.92. The minimum Gasteiger partial charge on any atom is -0.349 e. The summed E-state index contributed by atoms with van der Waals surface area (Å²) in [6.45, 7) is 5.36. The Morgan fingerprint density at radius 3 is 2.83 bits per heavy atom. The largest absolute Gasteiger partial charge is 0.349 e. The summed E-state index contributed by atoms with van der Waals surface area (Å²) in [6, 6.07) is -0.642. The first-order chi connectivity index (χ1) is 11.1. The van der Waals surface area contributed by atoms with Crippen molar-refractivity contribution in [3.8, 4) is 0 Å². The smallest absolute Gasteiger partial charge is 0.283 e. The molecule has 1 saturated heterocycles. The standard InChI is InChI=1S/C15H25N3O4S/c1-9(2)12-13-11(21-15(22-13)23-20)8-17-7-5-4-6-10(16-3)14(19)18-12/h4,6,9-13,16-17H,5,7-8H2,1-3H3,(H,18,19). The van der Waals surface area contributed by atoms with Crippen LogP contribution in [0.1, 0.15) is 20.3 Å². The Balaban J connectivity index is 2.26. The lowest BCUT2D eigenvalue weighted by molar-refractivity contribution is -0.124. The van der Waals surface area contributed by atoms with Crippen LogP contribution < -0.4 is 16.0 Å². The minimum atomic E-state index is -0.395. The Labute approximate surface area is 140 Å². The fraction of sp³-hybridized carbons (Fsp3) is 0.733. The fourth-order valence-electron chi connectivity index (χ4n) is 2.77. The molecule has 0 bridgehead atoms. The normalized spacial score (nSPS) is 32.9. The van der Waals surface area contributed by atoms with Crippen LogP contribution in [0.4, 0.5) is 0 Å². The Hall–Kier alpha value is -1.06. The molecule has 0 spiro atoms. The van der Waals surface area contributed by atoms with Gasteiger partial charge in [-0.05, 0) is 25.9 Å². The van der Waals surface area contributed by atoms with Gasteiger partial charge in [0.05, 0.1) is 6.04 Å². The monoisotopic (exact) mass is 343 g/mol. The Kier molecular flexibility index (Phi) is 6.91. The van der Waals surface area contributed by atoms with Gasteiger partial charge in [-0.15, -0.1) is 0 Å². The molecule has 0 saturated carbocycles. The molecule has 0 aromatic carbocycles. The van der Waals surface area contributed by atoms with Crippen molar-refractivity contribution in [1.29, 1.82) is 0 Å². The zero-order valence-electron chi connectivity index (χ0n) is 13.7. The highest BCUT2D eigenvalue weighted by molar-refractivity contribution is 7.65. The van der Waals surface area contributed by atoms with Crippen molar-refractivity contribution < 1.29 is 18.5 Å². The Morgan fingerprint density at radius 1 is 1.39 bits per heavy atom. The SMILES string of the molecule is CNC1C=CCCNCC2OC(=S=O)OC2C(C(C)C)NC1=O. The lowest BCUT2D eigenvalue weighted by Gasteiger charge is -2.31. The number of rotatable bonds is 2. The van der Waals surface area contributed by atoms with E-state index in [1.54, 1.807) is 7.05 Å². The Bertz CT molecular complexity index is 505. The number of amides is 1. The van der Waals surface area contributed by atoms with Crippen molar-refractivity contribution in [2.24, 2.45) is 5.92 Å². The molecular formula is C15H25N3O4S. The number of carbonyl (C=O) groups is 1. The highest BCUT2D eigenvalue weighted by Crippen LogP contribution is 2.22. The van der Waals surface area contributed by atoms with Crippen molar-refractivity contribution in [1.82, 2.24) is 16.0 Å². The second kappa shape index (κ2) is 8.70. The highest BCUT2D eigenvalue weighted by atomic mass is 32.1. The van der Waals surface area contributed by atoms with Gasteiger partial charge in [-0.1, -0.05) is 26.0 Å². The van der Waals surface area contributed by atoms with Gasteiger partial charge in [0.1, 0.15) is 29.5 Å². The number of carbonyl (C=O) groups excluding carboxylic acids is 1. The van der Waals surface area contributed by atoms with E-state index in [-0.39, 0.29) is 46.6 Å². The van der Waals surface area contributed by atoms with Crippen LogP contribution in [0.5, 0.6) is 0 Å². The van der Waals surface area contributed by atoms with Crippen molar-refractivity contribution >= 4 is 22.4 Å². The van der Waals surface area contributed by atoms with Gasteiger partial charge in [-0.2, -0.15) is 0 Å². The predicted molar refractivity (Wildman–Crippen MR) is 89.1 cm³/mol. The number of ether oxygens (including phenoxy) is 2. The van der Waals surface area contributed by atoms with Crippen LogP contribution in [0.25, 0.3) is 0 Å². The van der Waals surface area contributed by atoms with E-state index in [4.69, 9.17) is 9.47 Å². The van der Waals surface area contributed by atoms with Gasteiger partial charge in [0.25, 0.3) is 5.24 Å². The lowest BCUT2D eigenvalue weighted by Crippen LogP contribution is -2.55. The van der Waals surface area contributed by atoms with Crippen molar-refractivity contribution in [2.75, 3.05) is 20.1 Å². The van der Waals surface area contributed by atoms with Crippen molar-refractivity contribution in [2.45, 2.75) is 44.6 Å². The Morgan fingerprint density at radius 2 is 2.17 bits per heavy atom. The molecule has 8 heteroatoms. The quantitative estimate of drug-likeness (QED) is 0.456. The molecule has 130 valence electrons. The van der Waals surface area contributed by atoms with Crippen molar-refractivity contribution in [3.05, 3.63) is 12.2 Å². The molecule has 0 radical (unpaired) electrons. The van der Waals surface area contributed by atoms with Crippen LogP contribution >= 0.6 is 0 Å².